The van der Waals surface area contributed by atoms with Crippen molar-refractivity contribution in [3.8, 4) is 22.3 Å². The van der Waals surface area contributed by atoms with E-state index in [-0.39, 0.29) is 0 Å². The summed E-state index contributed by atoms with van der Waals surface area (Å²) in [6.45, 7) is 0. The lowest BCUT2D eigenvalue weighted by molar-refractivity contribution is 0.669. The molecule has 0 aliphatic rings. The molecular weight excluding hydrogens is 829 g/mol. The minimum Gasteiger partial charge on any atom is -0.454 e. The van der Waals surface area contributed by atoms with Crippen LogP contribution in [0.5, 0.6) is 0 Å². The van der Waals surface area contributed by atoms with E-state index in [9.17, 15) is 0 Å². The van der Waals surface area contributed by atoms with Crippen LogP contribution in [0.4, 0.5) is 34.1 Å². The Labute approximate surface area is 392 Å². The monoisotopic (exact) mass is 868 g/mol. The zero-order valence-electron chi connectivity index (χ0n) is 36.8. The fraction of sp³-hybridized carbons (Fsp3) is 0. The molecule has 0 N–H and O–H groups in total. The first-order valence-electron chi connectivity index (χ1n) is 23.2. The second kappa shape index (κ2) is 15.2. The maximum atomic E-state index is 6.81. The molecule has 0 aliphatic carbocycles. The van der Waals surface area contributed by atoms with Crippen LogP contribution in [0.15, 0.2) is 251 Å². The van der Waals surface area contributed by atoms with Crippen molar-refractivity contribution in [2.45, 2.75) is 0 Å². The zero-order chi connectivity index (χ0) is 44.7. The van der Waals surface area contributed by atoms with Crippen molar-refractivity contribution in [2.75, 3.05) is 9.80 Å². The lowest BCUT2D eigenvalue weighted by atomic mass is 9.91. The van der Waals surface area contributed by atoms with Gasteiger partial charge in [-0.2, -0.15) is 0 Å². The summed E-state index contributed by atoms with van der Waals surface area (Å²) in [5.41, 5.74) is 14.2. The van der Waals surface area contributed by atoms with Gasteiger partial charge in [-0.15, -0.1) is 0 Å². The van der Waals surface area contributed by atoms with E-state index in [0.717, 1.165) is 111 Å². The smallest absolute Gasteiger partial charge is 0.159 e. The second-order valence-corrected chi connectivity index (χ2v) is 17.6. The lowest BCUT2D eigenvalue weighted by Crippen LogP contribution is -2.12. The van der Waals surface area contributed by atoms with Gasteiger partial charge in [0.05, 0.1) is 22.7 Å². The van der Waals surface area contributed by atoms with Crippen molar-refractivity contribution in [2.24, 2.45) is 0 Å². The van der Waals surface area contributed by atoms with Crippen LogP contribution in [0.1, 0.15) is 0 Å². The van der Waals surface area contributed by atoms with E-state index >= 15 is 0 Å². The molecule has 0 fully saturated rings. The molecule has 12 aromatic carbocycles. The first kappa shape index (κ1) is 38.2. The third-order valence-corrected chi connectivity index (χ3v) is 13.8. The molecule has 0 bridgehead atoms. The third-order valence-electron chi connectivity index (χ3n) is 13.8. The normalized spacial score (nSPS) is 11.8. The summed E-state index contributed by atoms with van der Waals surface area (Å²) in [6.07, 6.45) is 0. The molecular formula is C64H40N2O2. The molecule has 0 saturated heterocycles. The summed E-state index contributed by atoms with van der Waals surface area (Å²) < 4.78 is 13.6. The van der Waals surface area contributed by atoms with Crippen LogP contribution in [-0.4, -0.2) is 0 Å². The number of hydrogen-bond donors (Lipinski definition) is 0. The standard InChI is InChI=1S/C64H40N2O2/c1-3-15-41(16-4-1)45-19-11-21-47(39-45)65(57-27-13-25-51-49-23-7-9-29-59(49)67-63(51)57)55-37-33-43-32-36-54-56(38-34-44-31-35-53(55)61(43)62(44)54)66(48-22-12-20-46(40-48)42-17-5-2-6-18-42)58-28-14-26-52-50-24-8-10-30-60(50)68-64(52)58/h1-40H. The topological polar surface area (TPSA) is 32.8 Å². The summed E-state index contributed by atoms with van der Waals surface area (Å²) >= 11 is 0. The van der Waals surface area contributed by atoms with E-state index in [1.165, 1.54) is 21.5 Å². The molecule has 0 unspecified atom stereocenters. The van der Waals surface area contributed by atoms with Crippen LogP contribution in [-0.2, 0) is 0 Å². The molecule has 0 spiro atoms. The number of para-hydroxylation sites is 4. The highest BCUT2D eigenvalue weighted by molar-refractivity contribution is 6.29. The van der Waals surface area contributed by atoms with Gasteiger partial charge in [-0.25, -0.2) is 0 Å². The Morgan fingerprint density at radius 2 is 0.632 bits per heavy atom. The number of anilines is 6. The molecule has 318 valence electrons. The SMILES string of the molecule is c1ccc(-c2cccc(N(c3ccc4ccc5c(N(c6cccc(-c7ccccc7)c6)c6cccc7c6oc6ccccc67)ccc6ccc3c4c65)c3cccc4c3oc3ccccc34)c2)cc1. The van der Waals surface area contributed by atoms with Gasteiger partial charge in [0.25, 0.3) is 0 Å². The number of furan rings is 2. The molecule has 0 aliphatic heterocycles. The van der Waals surface area contributed by atoms with Gasteiger partial charge in [0, 0.05) is 43.7 Å². The Morgan fingerprint density at radius 1 is 0.250 bits per heavy atom. The minimum absolute atomic E-state index is 0.847. The van der Waals surface area contributed by atoms with Gasteiger partial charge in [-0.1, -0.05) is 182 Å². The van der Waals surface area contributed by atoms with E-state index in [2.05, 4.69) is 240 Å². The minimum atomic E-state index is 0.847. The Balaban J connectivity index is 1.03. The summed E-state index contributed by atoms with van der Waals surface area (Å²) in [5.74, 6) is 0. The Hall–Kier alpha value is -9.12. The molecule has 4 heteroatoms. The largest absolute Gasteiger partial charge is 0.454 e. The molecule has 0 radical (unpaired) electrons. The number of fused-ring (bicyclic) bond motifs is 6. The fourth-order valence-corrected chi connectivity index (χ4v) is 10.7. The molecule has 2 aromatic heterocycles. The number of rotatable bonds is 8. The number of nitrogens with zero attached hydrogens (tertiary/aromatic N) is 2. The molecule has 14 rings (SSSR count). The summed E-state index contributed by atoms with van der Waals surface area (Å²) in [4.78, 5) is 4.79. The fourth-order valence-electron chi connectivity index (χ4n) is 10.7. The van der Waals surface area contributed by atoms with Crippen molar-refractivity contribution in [3.05, 3.63) is 243 Å². The van der Waals surface area contributed by atoms with Gasteiger partial charge in [0.1, 0.15) is 11.2 Å². The van der Waals surface area contributed by atoms with E-state index in [4.69, 9.17) is 8.83 Å². The van der Waals surface area contributed by atoms with Gasteiger partial charge in [-0.3, -0.25) is 0 Å². The van der Waals surface area contributed by atoms with E-state index in [1.807, 2.05) is 12.1 Å². The van der Waals surface area contributed by atoms with E-state index in [1.54, 1.807) is 0 Å². The maximum Gasteiger partial charge on any atom is 0.159 e. The first-order valence-corrected chi connectivity index (χ1v) is 23.2. The molecule has 4 nitrogen and oxygen atoms in total. The van der Waals surface area contributed by atoms with Crippen molar-refractivity contribution < 1.29 is 8.83 Å². The molecule has 68 heavy (non-hydrogen) atoms. The second-order valence-electron chi connectivity index (χ2n) is 17.6. The van der Waals surface area contributed by atoms with Crippen molar-refractivity contribution >= 4 is 110 Å². The zero-order valence-corrected chi connectivity index (χ0v) is 36.8. The Morgan fingerprint density at radius 3 is 1.10 bits per heavy atom. The van der Waals surface area contributed by atoms with Crippen LogP contribution >= 0.6 is 0 Å². The van der Waals surface area contributed by atoms with Gasteiger partial charge in [0.2, 0.25) is 0 Å². The third kappa shape index (κ3) is 5.94. The van der Waals surface area contributed by atoms with Gasteiger partial charge < -0.3 is 18.6 Å². The highest BCUT2D eigenvalue weighted by atomic mass is 16.3. The maximum absolute atomic E-state index is 6.81. The van der Waals surface area contributed by atoms with Crippen LogP contribution in [0.3, 0.4) is 0 Å². The summed E-state index contributed by atoms with van der Waals surface area (Å²) in [5, 5.41) is 11.4. The lowest BCUT2D eigenvalue weighted by Gasteiger charge is -2.29. The van der Waals surface area contributed by atoms with Gasteiger partial charge in [-0.05, 0) is 104 Å². The van der Waals surface area contributed by atoms with E-state index in [0.29, 0.717) is 0 Å². The van der Waals surface area contributed by atoms with Crippen LogP contribution < -0.4 is 9.80 Å². The van der Waals surface area contributed by atoms with Crippen molar-refractivity contribution in [1.29, 1.82) is 0 Å². The number of benzene rings is 12. The van der Waals surface area contributed by atoms with Crippen LogP contribution in [0.2, 0.25) is 0 Å². The summed E-state index contributed by atoms with van der Waals surface area (Å²) in [6, 6.07) is 87.0. The molecule has 14 aromatic rings. The average molecular weight is 869 g/mol. The molecule has 0 amide bonds. The van der Waals surface area contributed by atoms with Crippen LogP contribution in [0, 0.1) is 0 Å². The van der Waals surface area contributed by atoms with Gasteiger partial charge >= 0.3 is 0 Å². The van der Waals surface area contributed by atoms with Crippen LogP contribution in [0.25, 0.3) is 98.4 Å². The molecule has 0 atom stereocenters. The first-order chi connectivity index (χ1) is 33.7. The van der Waals surface area contributed by atoms with Gasteiger partial charge in [0.15, 0.2) is 11.2 Å². The van der Waals surface area contributed by atoms with Crippen molar-refractivity contribution in [1.82, 2.24) is 0 Å². The predicted octanol–water partition coefficient (Wildman–Crippen LogP) is 18.7. The quantitative estimate of drug-likeness (QED) is 0.142. The summed E-state index contributed by atoms with van der Waals surface area (Å²) in [7, 11) is 0. The number of hydrogen-bond acceptors (Lipinski definition) is 4. The van der Waals surface area contributed by atoms with Crippen molar-refractivity contribution in [3.63, 3.8) is 0 Å². The Bertz CT molecular complexity index is 3950. The highest BCUT2D eigenvalue weighted by Crippen LogP contribution is 2.51. The highest BCUT2D eigenvalue weighted by Gasteiger charge is 2.26. The molecule has 2 heterocycles. The predicted molar refractivity (Wildman–Crippen MR) is 285 cm³/mol. The Kier molecular flexibility index (Phi) is 8.55. The molecule has 0 saturated carbocycles. The van der Waals surface area contributed by atoms with E-state index < -0.39 is 0 Å². The average Bonchev–Trinajstić information content (AvgIpc) is 3.99.